The minimum Gasteiger partial charge on any atom is -0.478 e. The molecule has 0 aromatic heterocycles. The molecule has 4 heteroatoms. The van der Waals surface area contributed by atoms with Crippen LogP contribution in [0.25, 0.3) is 11.1 Å². The van der Waals surface area contributed by atoms with E-state index in [4.69, 9.17) is 16.6 Å². The third-order valence-electron chi connectivity index (χ3n) is 2.45. The first-order chi connectivity index (χ1) is 8.06. The maximum atomic E-state index is 10.9. The smallest absolute Gasteiger partial charge is 0.335 e. The number of carbonyl (C=O) groups is 1. The Hall–Kier alpha value is -2.49. The van der Waals surface area contributed by atoms with Crippen molar-refractivity contribution in [3.05, 3.63) is 48.0 Å². The molecule has 0 bridgehead atoms. The Morgan fingerprint density at radius 1 is 0.882 bits per heavy atom. The average molecular weight is 228 g/mol. The second-order valence-corrected chi connectivity index (χ2v) is 3.77. The van der Waals surface area contributed by atoms with Crippen molar-refractivity contribution in [1.29, 1.82) is 0 Å². The number of carboxylic acids is 1. The maximum Gasteiger partial charge on any atom is 0.335 e. The number of nitrogens with two attached hydrogens (primary N) is 2. The van der Waals surface area contributed by atoms with Gasteiger partial charge in [-0.2, -0.15) is 0 Å². The number of benzene rings is 2. The van der Waals surface area contributed by atoms with E-state index in [1.54, 1.807) is 24.3 Å². The van der Waals surface area contributed by atoms with E-state index in [0.717, 1.165) is 11.1 Å². The van der Waals surface area contributed by atoms with E-state index in [1.165, 1.54) is 6.07 Å². The molecule has 86 valence electrons. The van der Waals surface area contributed by atoms with Gasteiger partial charge in [0.05, 0.1) is 5.56 Å². The van der Waals surface area contributed by atoms with Gasteiger partial charge in [-0.1, -0.05) is 12.1 Å². The van der Waals surface area contributed by atoms with E-state index < -0.39 is 5.97 Å². The van der Waals surface area contributed by atoms with Gasteiger partial charge in [-0.3, -0.25) is 0 Å². The van der Waals surface area contributed by atoms with Crippen LogP contribution in [-0.2, 0) is 0 Å². The van der Waals surface area contributed by atoms with Crippen LogP contribution < -0.4 is 11.5 Å². The molecular weight excluding hydrogens is 216 g/mol. The summed E-state index contributed by atoms with van der Waals surface area (Å²) in [6.07, 6.45) is 0. The lowest BCUT2D eigenvalue weighted by Gasteiger charge is -2.05. The van der Waals surface area contributed by atoms with Crippen LogP contribution in [0, 0.1) is 0 Å². The van der Waals surface area contributed by atoms with E-state index >= 15 is 0 Å². The van der Waals surface area contributed by atoms with Gasteiger partial charge < -0.3 is 16.6 Å². The van der Waals surface area contributed by atoms with Crippen LogP contribution in [-0.4, -0.2) is 11.1 Å². The molecule has 0 saturated heterocycles. The minimum atomic E-state index is -0.992. The molecule has 0 amide bonds. The van der Waals surface area contributed by atoms with E-state index in [1.807, 2.05) is 12.1 Å². The molecule has 0 atom stereocenters. The monoisotopic (exact) mass is 228 g/mol. The Balaban J connectivity index is 2.51. The largest absolute Gasteiger partial charge is 0.478 e. The predicted octanol–water partition coefficient (Wildman–Crippen LogP) is 2.22. The van der Waals surface area contributed by atoms with Crippen molar-refractivity contribution in [3.8, 4) is 11.1 Å². The van der Waals surface area contributed by atoms with Crippen molar-refractivity contribution in [2.75, 3.05) is 11.5 Å². The van der Waals surface area contributed by atoms with E-state index in [2.05, 4.69) is 0 Å². The molecule has 0 heterocycles. The second-order valence-electron chi connectivity index (χ2n) is 3.77. The SMILES string of the molecule is Nc1ccc(-c2cc(N)cc(C(=O)O)c2)cc1. The number of aromatic carboxylic acids is 1. The highest BCUT2D eigenvalue weighted by atomic mass is 16.4. The highest BCUT2D eigenvalue weighted by molar-refractivity contribution is 5.91. The summed E-state index contributed by atoms with van der Waals surface area (Å²) in [5, 5.41) is 8.95. The standard InChI is InChI=1S/C13H12N2O2/c14-11-3-1-8(2-4-11)9-5-10(13(16)17)7-12(15)6-9/h1-7H,14-15H2,(H,16,17). The molecule has 0 aliphatic rings. The molecule has 0 fully saturated rings. The van der Waals surface area contributed by atoms with Crippen molar-refractivity contribution in [2.45, 2.75) is 0 Å². The molecule has 17 heavy (non-hydrogen) atoms. The molecular formula is C13H12N2O2. The first kappa shape index (κ1) is 11.0. The summed E-state index contributed by atoms with van der Waals surface area (Å²) in [4.78, 5) is 10.9. The third-order valence-corrected chi connectivity index (χ3v) is 2.45. The molecule has 2 rings (SSSR count). The molecule has 0 radical (unpaired) electrons. The summed E-state index contributed by atoms with van der Waals surface area (Å²) >= 11 is 0. The quantitative estimate of drug-likeness (QED) is 0.687. The number of hydrogen-bond donors (Lipinski definition) is 3. The third kappa shape index (κ3) is 2.36. The van der Waals surface area contributed by atoms with Crippen molar-refractivity contribution in [1.82, 2.24) is 0 Å². The van der Waals surface area contributed by atoms with E-state index in [-0.39, 0.29) is 5.56 Å². The topological polar surface area (TPSA) is 89.3 Å². The summed E-state index contributed by atoms with van der Waals surface area (Å²) in [7, 11) is 0. The number of rotatable bonds is 2. The van der Waals surface area contributed by atoms with Gasteiger partial charge in [0.2, 0.25) is 0 Å². The van der Waals surface area contributed by atoms with Crippen molar-refractivity contribution < 1.29 is 9.90 Å². The molecule has 0 aliphatic heterocycles. The van der Waals surface area contributed by atoms with Crippen LogP contribution in [0.2, 0.25) is 0 Å². The van der Waals surface area contributed by atoms with E-state index in [0.29, 0.717) is 11.4 Å². The zero-order chi connectivity index (χ0) is 12.4. The van der Waals surface area contributed by atoms with Crippen molar-refractivity contribution >= 4 is 17.3 Å². The minimum absolute atomic E-state index is 0.178. The van der Waals surface area contributed by atoms with Crippen LogP contribution in [0.5, 0.6) is 0 Å². The number of hydrogen-bond acceptors (Lipinski definition) is 3. The Bertz CT molecular complexity index is 562. The van der Waals surface area contributed by atoms with Crippen molar-refractivity contribution in [2.24, 2.45) is 0 Å². The summed E-state index contributed by atoms with van der Waals surface area (Å²) in [6, 6.07) is 11.9. The molecule has 4 nitrogen and oxygen atoms in total. The lowest BCUT2D eigenvalue weighted by Crippen LogP contribution is -1.98. The first-order valence-electron chi connectivity index (χ1n) is 5.06. The fourth-order valence-electron chi connectivity index (χ4n) is 1.62. The van der Waals surface area contributed by atoms with E-state index in [9.17, 15) is 4.79 Å². The molecule has 0 aliphatic carbocycles. The summed E-state index contributed by atoms with van der Waals surface area (Å²) in [5.41, 5.74) is 14.2. The first-order valence-corrected chi connectivity index (χ1v) is 5.06. The Morgan fingerprint density at radius 3 is 2.12 bits per heavy atom. The van der Waals surface area contributed by atoms with Crippen LogP contribution in [0.15, 0.2) is 42.5 Å². The van der Waals surface area contributed by atoms with Gasteiger partial charge in [-0.15, -0.1) is 0 Å². The average Bonchev–Trinajstić information content (AvgIpc) is 2.29. The van der Waals surface area contributed by atoms with Gasteiger partial charge in [-0.25, -0.2) is 4.79 Å². The molecule has 2 aromatic rings. The zero-order valence-electron chi connectivity index (χ0n) is 9.05. The van der Waals surface area contributed by atoms with Gasteiger partial charge in [-0.05, 0) is 41.5 Å². The lowest BCUT2D eigenvalue weighted by atomic mass is 10.0. The van der Waals surface area contributed by atoms with Crippen LogP contribution in [0.1, 0.15) is 10.4 Å². The fourth-order valence-corrected chi connectivity index (χ4v) is 1.62. The maximum absolute atomic E-state index is 10.9. The molecule has 2 aromatic carbocycles. The summed E-state index contributed by atoms with van der Waals surface area (Å²) in [5.74, 6) is -0.992. The Morgan fingerprint density at radius 2 is 1.53 bits per heavy atom. The van der Waals surface area contributed by atoms with Gasteiger partial charge in [0.15, 0.2) is 0 Å². The lowest BCUT2D eigenvalue weighted by molar-refractivity contribution is 0.0697. The van der Waals surface area contributed by atoms with Gasteiger partial charge in [0, 0.05) is 11.4 Å². The number of nitrogen functional groups attached to an aromatic ring is 2. The normalized spacial score (nSPS) is 10.1. The van der Waals surface area contributed by atoms with Gasteiger partial charge >= 0.3 is 5.97 Å². The summed E-state index contributed by atoms with van der Waals surface area (Å²) < 4.78 is 0. The highest BCUT2D eigenvalue weighted by Gasteiger charge is 2.07. The van der Waals surface area contributed by atoms with Crippen LogP contribution in [0.3, 0.4) is 0 Å². The van der Waals surface area contributed by atoms with Crippen LogP contribution in [0.4, 0.5) is 11.4 Å². The number of carboxylic acid groups (broad SMARTS) is 1. The molecule has 5 N–H and O–H groups in total. The Kier molecular flexibility index (Phi) is 2.70. The number of anilines is 2. The summed E-state index contributed by atoms with van der Waals surface area (Å²) in [6.45, 7) is 0. The van der Waals surface area contributed by atoms with Crippen LogP contribution >= 0.6 is 0 Å². The molecule has 0 unspecified atom stereocenters. The van der Waals surface area contributed by atoms with Crippen molar-refractivity contribution in [3.63, 3.8) is 0 Å². The van der Waals surface area contributed by atoms with Gasteiger partial charge in [0.1, 0.15) is 0 Å². The second kappa shape index (κ2) is 4.17. The van der Waals surface area contributed by atoms with Gasteiger partial charge in [0.25, 0.3) is 0 Å². The fraction of sp³-hybridized carbons (Fsp3) is 0. The highest BCUT2D eigenvalue weighted by Crippen LogP contribution is 2.24. The molecule has 0 spiro atoms. The predicted molar refractivity (Wildman–Crippen MR) is 67.7 cm³/mol. The molecule has 0 saturated carbocycles. The zero-order valence-corrected chi connectivity index (χ0v) is 9.05. The Labute approximate surface area is 98.5 Å².